The van der Waals surface area contributed by atoms with Crippen molar-refractivity contribution in [1.82, 2.24) is 0 Å². The summed E-state index contributed by atoms with van der Waals surface area (Å²) in [7, 11) is 0. The van der Waals surface area contributed by atoms with Gasteiger partial charge in [-0.15, -0.1) is 0 Å². The summed E-state index contributed by atoms with van der Waals surface area (Å²) in [5.41, 5.74) is 0. The van der Waals surface area contributed by atoms with E-state index in [0.29, 0.717) is 0 Å². The molecular formula is C2H6F2Se. The Hall–Kier alpha value is 0.379. The monoisotopic (exact) mass is 148 g/mol. The van der Waals surface area contributed by atoms with Crippen molar-refractivity contribution in [2.45, 2.75) is 11.6 Å². The second-order valence-electron chi connectivity index (χ2n) is 1.08. The van der Waals surface area contributed by atoms with Crippen molar-refractivity contribution in [3.63, 3.8) is 0 Å². The summed E-state index contributed by atoms with van der Waals surface area (Å²) in [6.45, 7) is 0. The molecule has 3 heteroatoms. The van der Waals surface area contributed by atoms with Crippen molar-refractivity contribution >= 4 is 13.8 Å². The molecule has 0 aliphatic carbocycles. The molecule has 0 saturated carbocycles. The number of rotatable bonds is 0. The first-order valence-electron chi connectivity index (χ1n) is 1.13. The van der Waals surface area contributed by atoms with Gasteiger partial charge in [0.2, 0.25) is 0 Å². The van der Waals surface area contributed by atoms with E-state index in [9.17, 15) is 7.10 Å². The fraction of sp³-hybridized carbons (Fsp3) is 1.00. The van der Waals surface area contributed by atoms with Crippen LogP contribution in [-0.4, -0.2) is 13.8 Å². The quantitative estimate of drug-likeness (QED) is 0.457. The molecule has 0 saturated heterocycles. The Bertz CT molecular complexity index is 23.1. The van der Waals surface area contributed by atoms with E-state index in [2.05, 4.69) is 0 Å². The first kappa shape index (κ1) is 5.38. The number of halogens is 2. The fourth-order valence-electron chi connectivity index (χ4n) is 0. The van der Waals surface area contributed by atoms with E-state index < -0.39 is 13.8 Å². The predicted octanol–water partition coefficient (Wildman–Crippen LogP) is 1.63. The topological polar surface area (TPSA) is 0 Å². The maximum atomic E-state index is 11.2. The predicted molar refractivity (Wildman–Crippen MR) is 19.7 cm³/mol. The van der Waals surface area contributed by atoms with Crippen LogP contribution in [0.25, 0.3) is 0 Å². The average molecular weight is 147 g/mol. The van der Waals surface area contributed by atoms with E-state index >= 15 is 0 Å². The van der Waals surface area contributed by atoms with Crippen molar-refractivity contribution in [3.8, 4) is 0 Å². The summed E-state index contributed by atoms with van der Waals surface area (Å²) in [5.74, 6) is 2.02. The zero-order chi connectivity index (χ0) is 4.50. The Morgan fingerprint density at radius 1 is 1.20 bits per heavy atom. The maximum absolute atomic E-state index is 11.2. The minimum absolute atomic E-state index is 1.01. The molecule has 0 atom stereocenters. The van der Waals surface area contributed by atoms with Gasteiger partial charge in [-0.2, -0.15) is 0 Å². The van der Waals surface area contributed by atoms with Crippen LogP contribution in [0, 0.1) is 0 Å². The van der Waals surface area contributed by atoms with Gasteiger partial charge >= 0.3 is 32.5 Å². The zero-order valence-corrected chi connectivity index (χ0v) is 4.88. The SMILES string of the molecule is C[Se](C)(F)F. The van der Waals surface area contributed by atoms with Crippen LogP contribution in [0.2, 0.25) is 11.6 Å². The van der Waals surface area contributed by atoms with E-state index in [0.717, 1.165) is 11.6 Å². The van der Waals surface area contributed by atoms with E-state index in [-0.39, 0.29) is 0 Å². The minimum atomic E-state index is -3.75. The van der Waals surface area contributed by atoms with Crippen molar-refractivity contribution in [3.05, 3.63) is 0 Å². The summed E-state index contributed by atoms with van der Waals surface area (Å²) < 4.78 is 22.4. The molecule has 0 nitrogen and oxygen atoms in total. The van der Waals surface area contributed by atoms with Gasteiger partial charge in [0.25, 0.3) is 0 Å². The van der Waals surface area contributed by atoms with E-state index in [1.807, 2.05) is 0 Å². The Kier molecular flexibility index (Phi) is 1.32. The molecule has 0 aliphatic heterocycles. The van der Waals surface area contributed by atoms with Gasteiger partial charge < -0.3 is 0 Å². The Labute approximate surface area is 33.3 Å². The molecule has 0 heterocycles. The number of hydrogen-bond donors (Lipinski definition) is 0. The molecule has 0 aliphatic rings. The van der Waals surface area contributed by atoms with Crippen LogP contribution in [-0.2, 0) is 0 Å². The Balaban J connectivity index is 3.02. The van der Waals surface area contributed by atoms with Crippen LogP contribution in [0.5, 0.6) is 0 Å². The van der Waals surface area contributed by atoms with Crippen molar-refractivity contribution in [2.75, 3.05) is 0 Å². The molecule has 0 unspecified atom stereocenters. The van der Waals surface area contributed by atoms with Crippen molar-refractivity contribution in [1.29, 1.82) is 0 Å². The van der Waals surface area contributed by atoms with Crippen molar-refractivity contribution in [2.24, 2.45) is 0 Å². The van der Waals surface area contributed by atoms with Gasteiger partial charge in [-0.05, 0) is 0 Å². The number of hydrogen-bond acceptors (Lipinski definition) is 0. The van der Waals surface area contributed by atoms with Gasteiger partial charge in [0.15, 0.2) is 0 Å². The normalized spacial score (nSPS) is 15.2. The molecule has 5 heavy (non-hydrogen) atoms. The molecule has 34 valence electrons. The second-order valence-corrected chi connectivity index (χ2v) is 5.63. The van der Waals surface area contributed by atoms with Crippen LogP contribution < -0.4 is 0 Å². The molecule has 0 fully saturated rings. The van der Waals surface area contributed by atoms with Crippen LogP contribution >= 0.6 is 0 Å². The molecule has 0 bridgehead atoms. The van der Waals surface area contributed by atoms with Crippen LogP contribution in [0.1, 0.15) is 0 Å². The standard InChI is InChI=1S/C2H6F2Se/c1-5(2,3)4/h1-2H3. The summed E-state index contributed by atoms with van der Waals surface area (Å²) in [6.07, 6.45) is 0. The molecule has 0 spiro atoms. The van der Waals surface area contributed by atoms with Crippen LogP contribution in [0.4, 0.5) is 7.10 Å². The molecule has 0 amide bonds. The summed E-state index contributed by atoms with van der Waals surface area (Å²) >= 11 is -3.75. The summed E-state index contributed by atoms with van der Waals surface area (Å²) in [6, 6.07) is 0. The molecule has 0 radical (unpaired) electrons. The Morgan fingerprint density at radius 2 is 1.20 bits per heavy atom. The van der Waals surface area contributed by atoms with Crippen LogP contribution in [0.15, 0.2) is 0 Å². The van der Waals surface area contributed by atoms with E-state index in [1.165, 1.54) is 0 Å². The summed E-state index contributed by atoms with van der Waals surface area (Å²) in [4.78, 5) is 0. The van der Waals surface area contributed by atoms with Crippen molar-refractivity contribution < 1.29 is 7.10 Å². The van der Waals surface area contributed by atoms with E-state index in [4.69, 9.17) is 0 Å². The first-order valence-corrected chi connectivity index (χ1v) is 5.85. The van der Waals surface area contributed by atoms with Gasteiger partial charge in [-0.1, -0.05) is 0 Å². The third-order valence-corrected chi connectivity index (χ3v) is 0. The van der Waals surface area contributed by atoms with Crippen LogP contribution in [0.3, 0.4) is 0 Å². The summed E-state index contributed by atoms with van der Waals surface area (Å²) in [5, 5.41) is 0. The Morgan fingerprint density at radius 3 is 1.20 bits per heavy atom. The van der Waals surface area contributed by atoms with E-state index in [1.54, 1.807) is 0 Å². The zero-order valence-electron chi connectivity index (χ0n) is 3.16. The molecule has 0 rings (SSSR count). The molecule has 0 aromatic carbocycles. The fourth-order valence-corrected chi connectivity index (χ4v) is 0. The van der Waals surface area contributed by atoms with Gasteiger partial charge in [-0.3, -0.25) is 0 Å². The third-order valence-electron chi connectivity index (χ3n) is 0. The van der Waals surface area contributed by atoms with Gasteiger partial charge in [0, 0.05) is 0 Å². The van der Waals surface area contributed by atoms with Gasteiger partial charge in [-0.25, -0.2) is 0 Å². The van der Waals surface area contributed by atoms with Gasteiger partial charge in [0.1, 0.15) is 0 Å². The molecule has 0 N–H and O–H groups in total. The second kappa shape index (κ2) is 1.23. The molecule has 0 aromatic rings. The molecular weight excluding hydrogens is 141 g/mol. The molecule has 0 aromatic heterocycles. The third kappa shape index (κ3) is 172. The van der Waals surface area contributed by atoms with Gasteiger partial charge in [0.05, 0.1) is 0 Å². The average Bonchev–Trinajstić information content (AvgIpc) is 0.722. The first-order chi connectivity index (χ1) is 2.00.